The van der Waals surface area contributed by atoms with E-state index in [1.54, 1.807) is 28.3 Å². The van der Waals surface area contributed by atoms with Crippen molar-refractivity contribution in [1.82, 2.24) is 4.90 Å². The molecule has 0 bridgehead atoms. The number of nitrogens with zero attached hydrogens (tertiary/aromatic N) is 2. The van der Waals surface area contributed by atoms with Crippen LogP contribution in [0.2, 0.25) is 0 Å². The van der Waals surface area contributed by atoms with Gasteiger partial charge in [0.1, 0.15) is 5.75 Å². The third-order valence-corrected chi connectivity index (χ3v) is 5.85. The van der Waals surface area contributed by atoms with Crippen molar-refractivity contribution in [3.8, 4) is 23.0 Å². The van der Waals surface area contributed by atoms with E-state index in [0.717, 1.165) is 49.7 Å². The normalized spacial score (nSPS) is 13.9. The molecule has 1 saturated heterocycles. The molecule has 0 spiro atoms. The Balaban J connectivity index is 1.66. The lowest BCUT2D eigenvalue weighted by Gasteiger charge is -2.37. The minimum atomic E-state index is -0.211. The van der Waals surface area contributed by atoms with E-state index >= 15 is 0 Å². The van der Waals surface area contributed by atoms with E-state index in [9.17, 15) is 4.79 Å². The molecule has 0 saturated carbocycles. The number of piperazine rings is 1. The van der Waals surface area contributed by atoms with Crippen LogP contribution < -0.4 is 23.8 Å². The van der Waals surface area contributed by atoms with Crippen LogP contribution in [-0.2, 0) is 16.1 Å². The van der Waals surface area contributed by atoms with Crippen LogP contribution in [-0.4, -0.2) is 71.6 Å². The molecule has 0 N–H and O–H groups in total. The van der Waals surface area contributed by atoms with Gasteiger partial charge in [-0.15, -0.1) is 0 Å². The molecule has 8 heteroatoms. The van der Waals surface area contributed by atoms with Gasteiger partial charge < -0.3 is 28.6 Å². The van der Waals surface area contributed by atoms with Crippen molar-refractivity contribution in [1.29, 1.82) is 0 Å². The van der Waals surface area contributed by atoms with Crippen molar-refractivity contribution in [2.24, 2.45) is 0 Å². The number of hydrogen-bond acceptors (Lipinski definition) is 8. The van der Waals surface area contributed by atoms with E-state index in [1.807, 2.05) is 30.3 Å². The maximum absolute atomic E-state index is 11.6. The fraction of sp³-hybridized carbons (Fsp3) is 0.500. The molecule has 2 aromatic carbocycles. The summed E-state index contributed by atoms with van der Waals surface area (Å²) in [6, 6.07) is 12.1. The fourth-order valence-corrected chi connectivity index (χ4v) is 4.12. The van der Waals surface area contributed by atoms with Crippen LogP contribution in [0.5, 0.6) is 23.0 Å². The average Bonchev–Trinajstić information content (AvgIpc) is 2.87. The third kappa shape index (κ3) is 6.47. The number of carbonyl (C=O) groups excluding carboxylic acids is 1. The number of carbonyl (C=O) groups is 1. The second kappa shape index (κ2) is 12.9. The summed E-state index contributed by atoms with van der Waals surface area (Å²) in [5.41, 5.74) is 2.15. The second-order valence-corrected chi connectivity index (χ2v) is 7.98. The Morgan fingerprint density at radius 3 is 2.29 bits per heavy atom. The maximum atomic E-state index is 11.6. The van der Waals surface area contributed by atoms with Crippen LogP contribution >= 0.6 is 0 Å². The first kappa shape index (κ1) is 25.5. The van der Waals surface area contributed by atoms with Gasteiger partial charge in [0, 0.05) is 44.7 Å². The molecule has 34 heavy (non-hydrogen) atoms. The molecule has 0 aromatic heterocycles. The van der Waals surface area contributed by atoms with Crippen molar-refractivity contribution in [3.05, 3.63) is 42.0 Å². The van der Waals surface area contributed by atoms with Crippen LogP contribution in [0.25, 0.3) is 0 Å². The first-order chi connectivity index (χ1) is 16.6. The molecule has 2 aromatic rings. The molecule has 0 radical (unpaired) electrons. The SMILES string of the molecule is CCOC(=O)CCCOc1c(CN2CCN(c3ccccc3OC)CC2)ccc(OC)c1OC. The van der Waals surface area contributed by atoms with E-state index in [-0.39, 0.29) is 5.97 Å². The Bertz CT molecular complexity index is 928. The summed E-state index contributed by atoms with van der Waals surface area (Å²) in [5, 5.41) is 0. The molecule has 0 unspecified atom stereocenters. The van der Waals surface area contributed by atoms with Crippen molar-refractivity contribution in [3.63, 3.8) is 0 Å². The minimum absolute atomic E-state index is 0.211. The lowest BCUT2D eigenvalue weighted by atomic mass is 10.1. The number of para-hydroxylation sites is 2. The van der Waals surface area contributed by atoms with Crippen LogP contribution in [0.15, 0.2) is 36.4 Å². The molecule has 3 rings (SSSR count). The maximum Gasteiger partial charge on any atom is 0.305 e. The first-order valence-electron chi connectivity index (χ1n) is 11.7. The number of hydrogen-bond donors (Lipinski definition) is 0. The number of methoxy groups -OCH3 is 3. The molecule has 8 nitrogen and oxygen atoms in total. The molecule has 186 valence electrons. The summed E-state index contributed by atoms with van der Waals surface area (Å²) in [5.74, 6) is 2.54. The number of anilines is 1. The van der Waals surface area contributed by atoms with Crippen LogP contribution in [0.4, 0.5) is 5.69 Å². The third-order valence-electron chi connectivity index (χ3n) is 5.85. The van der Waals surface area contributed by atoms with Gasteiger partial charge in [0.05, 0.1) is 40.2 Å². The Morgan fingerprint density at radius 2 is 1.62 bits per heavy atom. The van der Waals surface area contributed by atoms with Gasteiger partial charge in [-0.05, 0) is 31.5 Å². The summed E-state index contributed by atoms with van der Waals surface area (Å²) >= 11 is 0. The van der Waals surface area contributed by atoms with E-state index in [1.165, 1.54) is 0 Å². The first-order valence-corrected chi connectivity index (χ1v) is 11.7. The molecule has 0 amide bonds. The monoisotopic (exact) mass is 472 g/mol. The Hall–Kier alpha value is -3.13. The van der Waals surface area contributed by atoms with Gasteiger partial charge in [0.15, 0.2) is 11.5 Å². The molecule has 1 heterocycles. The van der Waals surface area contributed by atoms with Gasteiger partial charge in [-0.3, -0.25) is 9.69 Å². The molecule has 1 aliphatic heterocycles. The fourth-order valence-electron chi connectivity index (χ4n) is 4.12. The second-order valence-electron chi connectivity index (χ2n) is 7.98. The lowest BCUT2D eigenvalue weighted by Crippen LogP contribution is -2.46. The number of rotatable bonds is 12. The molecule has 1 fully saturated rings. The highest BCUT2D eigenvalue weighted by Crippen LogP contribution is 2.41. The zero-order valence-corrected chi connectivity index (χ0v) is 20.7. The predicted octanol–water partition coefficient (Wildman–Crippen LogP) is 3.76. The van der Waals surface area contributed by atoms with Crippen LogP contribution in [0.3, 0.4) is 0 Å². The highest BCUT2D eigenvalue weighted by atomic mass is 16.5. The topological polar surface area (TPSA) is 69.7 Å². The molecular formula is C26H36N2O6. The van der Waals surface area contributed by atoms with Gasteiger partial charge in [0.2, 0.25) is 5.75 Å². The van der Waals surface area contributed by atoms with Crippen LogP contribution in [0.1, 0.15) is 25.3 Å². The summed E-state index contributed by atoms with van der Waals surface area (Å²) in [7, 11) is 4.93. The number of benzene rings is 2. The largest absolute Gasteiger partial charge is 0.495 e. The van der Waals surface area contributed by atoms with E-state index in [2.05, 4.69) is 15.9 Å². The molecule has 1 aliphatic rings. The quantitative estimate of drug-likeness (QED) is 0.342. The highest BCUT2D eigenvalue weighted by molar-refractivity contribution is 5.69. The smallest absolute Gasteiger partial charge is 0.305 e. The zero-order chi connectivity index (χ0) is 24.3. The zero-order valence-electron chi connectivity index (χ0n) is 20.7. The van der Waals surface area contributed by atoms with Crippen LogP contribution in [0, 0.1) is 0 Å². The summed E-state index contributed by atoms with van der Waals surface area (Å²) in [4.78, 5) is 16.4. The summed E-state index contributed by atoms with van der Waals surface area (Å²) in [6.45, 7) is 6.94. The van der Waals surface area contributed by atoms with Gasteiger partial charge >= 0.3 is 5.97 Å². The Morgan fingerprint density at radius 1 is 0.882 bits per heavy atom. The highest BCUT2D eigenvalue weighted by Gasteiger charge is 2.23. The molecule has 0 atom stereocenters. The van der Waals surface area contributed by atoms with Gasteiger partial charge in [-0.25, -0.2) is 0 Å². The lowest BCUT2D eigenvalue weighted by molar-refractivity contribution is -0.143. The predicted molar refractivity (Wildman–Crippen MR) is 131 cm³/mol. The van der Waals surface area contributed by atoms with Crippen molar-refractivity contribution >= 4 is 11.7 Å². The standard InChI is InChI=1S/C26H36N2O6/c1-5-33-24(29)11-8-18-34-25-20(12-13-23(31-3)26(25)32-4)19-27-14-16-28(17-15-27)21-9-6-7-10-22(21)30-2/h6-7,9-10,12-13H,5,8,11,14-19H2,1-4H3. The van der Waals surface area contributed by atoms with Crippen molar-refractivity contribution in [2.45, 2.75) is 26.3 Å². The van der Waals surface area contributed by atoms with E-state index in [4.69, 9.17) is 23.7 Å². The summed E-state index contributed by atoms with van der Waals surface area (Å²) < 4.78 is 27.8. The van der Waals surface area contributed by atoms with Gasteiger partial charge in [-0.1, -0.05) is 18.2 Å². The van der Waals surface area contributed by atoms with Crippen molar-refractivity contribution in [2.75, 3.05) is 65.6 Å². The van der Waals surface area contributed by atoms with Gasteiger partial charge in [0.25, 0.3) is 0 Å². The minimum Gasteiger partial charge on any atom is -0.495 e. The molecule has 0 aliphatic carbocycles. The number of esters is 1. The van der Waals surface area contributed by atoms with E-state index in [0.29, 0.717) is 43.3 Å². The van der Waals surface area contributed by atoms with E-state index < -0.39 is 0 Å². The molecular weight excluding hydrogens is 436 g/mol. The average molecular weight is 473 g/mol. The van der Waals surface area contributed by atoms with Crippen molar-refractivity contribution < 1.29 is 28.5 Å². The Kier molecular flexibility index (Phi) is 9.70. The summed E-state index contributed by atoms with van der Waals surface area (Å²) in [6.07, 6.45) is 0.886. The number of ether oxygens (including phenoxy) is 5. The van der Waals surface area contributed by atoms with Gasteiger partial charge in [-0.2, -0.15) is 0 Å². The Labute approximate surface area is 202 Å².